The van der Waals surface area contributed by atoms with Crippen molar-refractivity contribution in [1.29, 1.82) is 0 Å². The molecule has 0 spiro atoms. The summed E-state index contributed by atoms with van der Waals surface area (Å²) in [5.74, 6) is 0. The van der Waals surface area contributed by atoms with Crippen molar-refractivity contribution in [3.8, 4) is 22.3 Å². The average Bonchev–Trinajstić information content (AvgIpc) is 3.69. The van der Waals surface area contributed by atoms with Gasteiger partial charge < -0.3 is 4.90 Å². The van der Waals surface area contributed by atoms with Gasteiger partial charge >= 0.3 is 0 Å². The van der Waals surface area contributed by atoms with Gasteiger partial charge in [0, 0.05) is 37.7 Å². The van der Waals surface area contributed by atoms with Crippen LogP contribution in [0.1, 0.15) is 49.9 Å². The van der Waals surface area contributed by atoms with E-state index >= 15 is 0 Å². The first kappa shape index (κ1) is 27.9. The highest BCUT2D eigenvalue weighted by Gasteiger charge is 2.38. The molecular weight excluding hydrogens is 599 g/mol. The Balaban J connectivity index is 1.28. The van der Waals surface area contributed by atoms with Crippen LogP contribution in [-0.2, 0) is 10.8 Å². The molecule has 0 atom stereocenters. The topological polar surface area (TPSA) is 3.24 Å². The minimum Gasteiger partial charge on any atom is -0.309 e. The molecule has 8 aromatic rings. The molecule has 0 saturated carbocycles. The summed E-state index contributed by atoms with van der Waals surface area (Å²) in [5, 5.41) is 5.24. The van der Waals surface area contributed by atoms with Crippen LogP contribution in [0.3, 0.4) is 0 Å². The molecule has 48 heavy (non-hydrogen) atoms. The lowest BCUT2D eigenvalue weighted by Gasteiger charge is -2.30. The van der Waals surface area contributed by atoms with Gasteiger partial charge in [-0.05, 0) is 91.7 Å². The van der Waals surface area contributed by atoms with Gasteiger partial charge in [0.25, 0.3) is 0 Å². The quantitative estimate of drug-likeness (QED) is 0.187. The second-order valence-electron chi connectivity index (χ2n) is 14.6. The molecule has 0 unspecified atom stereocenters. The van der Waals surface area contributed by atoms with Crippen molar-refractivity contribution in [2.24, 2.45) is 0 Å². The van der Waals surface area contributed by atoms with E-state index in [4.69, 9.17) is 0 Å². The number of benzene rings is 7. The van der Waals surface area contributed by atoms with Gasteiger partial charge in [-0.2, -0.15) is 0 Å². The average molecular weight is 634 g/mol. The third kappa shape index (κ3) is 3.67. The second kappa shape index (κ2) is 9.69. The lowest BCUT2D eigenvalue weighted by molar-refractivity contribution is 0.660. The molecule has 0 amide bonds. The van der Waals surface area contributed by atoms with E-state index < -0.39 is 0 Å². The summed E-state index contributed by atoms with van der Waals surface area (Å²) in [5.41, 5.74) is 14.4. The molecule has 2 heteroatoms. The van der Waals surface area contributed by atoms with Crippen LogP contribution in [0.25, 0.3) is 53.2 Å². The number of nitrogens with zero attached hydrogens (tertiary/aromatic N) is 1. The molecule has 0 fully saturated rings. The van der Waals surface area contributed by atoms with Gasteiger partial charge in [0.05, 0.1) is 10.4 Å². The Morgan fingerprint density at radius 2 is 0.958 bits per heavy atom. The minimum atomic E-state index is -0.0918. The fourth-order valence-corrected chi connectivity index (χ4v) is 10.0. The molecule has 0 radical (unpaired) electrons. The van der Waals surface area contributed by atoms with Crippen LogP contribution < -0.4 is 4.90 Å². The van der Waals surface area contributed by atoms with Crippen LogP contribution in [-0.4, -0.2) is 0 Å². The van der Waals surface area contributed by atoms with Crippen molar-refractivity contribution >= 4 is 59.3 Å². The van der Waals surface area contributed by atoms with Crippen LogP contribution >= 0.6 is 11.3 Å². The number of anilines is 3. The van der Waals surface area contributed by atoms with Gasteiger partial charge in [-0.3, -0.25) is 0 Å². The fraction of sp³-hybridized carbons (Fsp3) is 0.130. The van der Waals surface area contributed by atoms with E-state index in [9.17, 15) is 0 Å². The van der Waals surface area contributed by atoms with E-state index in [0.717, 1.165) is 0 Å². The zero-order chi connectivity index (χ0) is 32.4. The maximum absolute atomic E-state index is 2.54. The van der Waals surface area contributed by atoms with Crippen LogP contribution in [0, 0.1) is 0 Å². The van der Waals surface area contributed by atoms with E-state index in [-0.39, 0.29) is 10.8 Å². The molecule has 1 aromatic heterocycles. The van der Waals surface area contributed by atoms with E-state index in [0.29, 0.717) is 0 Å². The summed E-state index contributed by atoms with van der Waals surface area (Å²) in [4.78, 5) is 2.54. The summed E-state index contributed by atoms with van der Waals surface area (Å²) in [6.07, 6.45) is 0. The summed E-state index contributed by atoms with van der Waals surface area (Å²) in [6, 6.07) is 52.4. The highest BCUT2D eigenvalue weighted by molar-refractivity contribution is 7.26. The summed E-state index contributed by atoms with van der Waals surface area (Å²) in [7, 11) is 0. The van der Waals surface area contributed by atoms with Crippen LogP contribution in [0.5, 0.6) is 0 Å². The molecule has 0 saturated heterocycles. The highest BCUT2D eigenvalue weighted by Crippen LogP contribution is 2.54. The van der Waals surface area contributed by atoms with Crippen molar-refractivity contribution < 1.29 is 0 Å². The molecule has 230 valence electrons. The number of hydrogen-bond acceptors (Lipinski definition) is 2. The summed E-state index contributed by atoms with van der Waals surface area (Å²) < 4.78 is 2.64. The van der Waals surface area contributed by atoms with Crippen molar-refractivity contribution in [1.82, 2.24) is 0 Å². The Hall–Kier alpha value is -5.18. The van der Waals surface area contributed by atoms with E-state index in [1.807, 2.05) is 11.3 Å². The Morgan fingerprint density at radius 1 is 0.458 bits per heavy atom. The predicted molar refractivity (Wildman–Crippen MR) is 207 cm³/mol. The predicted octanol–water partition coefficient (Wildman–Crippen LogP) is 13.3. The Bertz CT molecular complexity index is 2530. The zero-order valence-corrected chi connectivity index (χ0v) is 28.5. The smallest absolute Gasteiger partial charge is 0.0646 e. The lowest BCUT2D eigenvalue weighted by atomic mass is 9.82. The first-order valence-electron chi connectivity index (χ1n) is 16.9. The standard InChI is InChI=1S/C46H35NS/c1-45(2)37-18-10-7-15-32(37)34-23-21-29(26-39(34)45)47(30-22-24-35-33-16-8-11-19-38(33)46(3,4)40(35)27-30)41-25-28-13-5-6-14-31(28)43-36-17-9-12-20-42(36)48-44(41)43/h5-27H,1-4H3. The SMILES string of the molecule is CC1(C)c2ccccc2-c2ccc(N(c3ccc4c(c3)C(C)(C)c3ccccc3-4)c3cc4ccccc4c4c3sc3ccccc34)cc21. The molecule has 0 aliphatic heterocycles. The minimum absolute atomic E-state index is 0.0918. The molecule has 10 rings (SSSR count). The number of hydrogen-bond donors (Lipinski definition) is 0. The zero-order valence-electron chi connectivity index (χ0n) is 27.6. The third-order valence-electron chi connectivity index (χ3n) is 11.2. The summed E-state index contributed by atoms with van der Waals surface area (Å²) >= 11 is 1.91. The molecule has 1 nitrogen and oxygen atoms in total. The van der Waals surface area contributed by atoms with E-state index in [1.165, 1.54) is 92.5 Å². The lowest BCUT2D eigenvalue weighted by Crippen LogP contribution is -2.18. The summed E-state index contributed by atoms with van der Waals surface area (Å²) in [6.45, 7) is 9.50. The van der Waals surface area contributed by atoms with Gasteiger partial charge in [-0.15, -0.1) is 11.3 Å². The highest BCUT2D eigenvalue weighted by atomic mass is 32.1. The third-order valence-corrected chi connectivity index (χ3v) is 12.4. The van der Waals surface area contributed by atoms with Gasteiger partial charge in [-0.25, -0.2) is 0 Å². The van der Waals surface area contributed by atoms with Crippen molar-refractivity contribution in [2.45, 2.75) is 38.5 Å². The molecule has 1 heterocycles. The monoisotopic (exact) mass is 633 g/mol. The van der Waals surface area contributed by atoms with E-state index in [2.05, 4.69) is 172 Å². The van der Waals surface area contributed by atoms with Crippen LogP contribution in [0.4, 0.5) is 17.1 Å². The number of rotatable bonds is 3. The molecule has 2 aliphatic carbocycles. The first-order valence-corrected chi connectivity index (χ1v) is 17.8. The molecule has 0 N–H and O–H groups in total. The van der Waals surface area contributed by atoms with Gasteiger partial charge in [-0.1, -0.05) is 131 Å². The van der Waals surface area contributed by atoms with E-state index in [1.54, 1.807) is 0 Å². The Morgan fingerprint density at radius 3 is 1.58 bits per heavy atom. The fourth-order valence-electron chi connectivity index (χ4n) is 8.81. The van der Waals surface area contributed by atoms with Crippen LogP contribution in [0.2, 0.25) is 0 Å². The van der Waals surface area contributed by atoms with Crippen molar-refractivity contribution in [3.05, 3.63) is 162 Å². The Labute approximate surface area is 285 Å². The second-order valence-corrected chi connectivity index (χ2v) is 15.6. The Kier molecular flexibility index (Phi) is 5.63. The van der Waals surface area contributed by atoms with Gasteiger partial charge in [0.1, 0.15) is 0 Å². The van der Waals surface area contributed by atoms with Crippen molar-refractivity contribution in [3.63, 3.8) is 0 Å². The molecular formula is C46H35NS. The molecule has 2 aliphatic rings. The molecule has 7 aromatic carbocycles. The maximum atomic E-state index is 2.54. The maximum Gasteiger partial charge on any atom is 0.0646 e. The van der Waals surface area contributed by atoms with Crippen LogP contribution in [0.15, 0.2) is 140 Å². The normalized spacial score (nSPS) is 15.0. The van der Waals surface area contributed by atoms with Gasteiger partial charge in [0.15, 0.2) is 0 Å². The largest absolute Gasteiger partial charge is 0.309 e. The first-order chi connectivity index (χ1) is 23.3. The number of thiophene rings is 1. The van der Waals surface area contributed by atoms with Crippen molar-refractivity contribution in [2.75, 3.05) is 4.90 Å². The molecule has 0 bridgehead atoms. The van der Waals surface area contributed by atoms with Gasteiger partial charge in [0.2, 0.25) is 0 Å². The number of fused-ring (bicyclic) bond motifs is 11.